The fraction of sp³-hybridized carbons (Fsp3) is 0.636. The minimum absolute atomic E-state index is 0.623. The number of hydrogen-bond acceptors (Lipinski definition) is 5. The SMILES string of the molecule is CCNc1ncc(Cl)c(N2CCSC(C)C2)n1. The monoisotopic (exact) mass is 272 g/mol. The van der Waals surface area contributed by atoms with Gasteiger partial charge in [0.1, 0.15) is 5.02 Å². The molecule has 1 aromatic heterocycles. The molecule has 0 saturated carbocycles. The molecule has 1 atom stereocenters. The van der Waals surface area contributed by atoms with E-state index in [1.54, 1.807) is 6.20 Å². The average Bonchev–Trinajstić information content (AvgIpc) is 2.32. The average molecular weight is 273 g/mol. The van der Waals surface area contributed by atoms with Gasteiger partial charge in [-0.15, -0.1) is 0 Å². The third-order valence-corrected chi connectivity index (χ3v) is 4.00. The zero-order chi connectivity index (χ0) is 12.3. The van der Waals surface area contributed by atoms with E-state index in [1.807, 2.05) is 18.7 Å². The number of nitrogens with one attached hydrogen (secondary N) is 1. The summed E-state index contributed by atoms with van der Waals surface area (Å²) in [6.45, 7) is 7.06. The summed E-state index contributed by atoms with van der Waals surface area (Å²) in [7, 11) is 0. The predicted octanol–water partition coefficient (Wildman–Crippen LogP) is 2.50. The normalized spacial score (nSPS) is 20.4. The van der Waals surface area contributed by atoms with Crippen LogP contribution < -0.4 is 10.2 Å². The molecule has 1 N–H and O–H groups in total. The lowest BCUT2D eigenvalue weighted by molar-refractivity contribution is 0.768. The summed E-state index contributed by atoms with van der Waals surface area (Å²) in [5, 5.41) is 4.37. The van der Waals surface area contributed by atoms with Crippen molar-refractivity contribution in [3.63, 3.8) is 0 Å². The minimum atomic E-state index is 0.623. The zero-order valence-corrected chi connectivity index (χ0v) is 11.7. The van der Waals surface area contributed by atoms with Crippen molar-refractivity contribution in [3.8, 4) is 0 Å². The summed E-state index contributed by atoms with van der Waals surface area (Å²) in [5.41, 5.74) is 0. The Hall–Kier alpha value is -0.680. The van der Waals surface area contributed by atoms with Crippen molar-refractivity contribution in [1.82, 2.24) is 9.97 Å². The van der Waals surface area contributed by atoms with Crippen LogP contribution in [0.1, 0.15) is 13.8 Å². The predicted molar refractivity (Wildman–Crippen MR) is 75.3 cm³/mol. The number of anilines is 2. The van der Waals surface area contributed by atoms with E-state index in [0.29, 0.717) is 16.2 Å². The Morgan fingerprint density at radius 2 is 2.47 bits per heavy atom. The molecule has 17 heavy (non-hydrogen) atoms. The molecule has 1 aliphatic rings. The second-order valence-electron chi connectivity index (χ2n) is 4.02. The maximum atomic E-state index is 6.18. The number of halogens is 1. The van der Waals surface area contributed by atoms with Crippen molar-refractivity contribution in [2.45, 2.75) is 19.1 Å². The standard InChI is InChI=1S/C11H17ClN4S/c1-3-13-11-14-6-9(12)10(15-11)16-4-5-17-8(2)7-16/h6,8H,3-5,7H2,1-2H3,(H,13,14,15). The maximum Gasteiger partial charge on any atom is 0.224 e. The molecular formula is C11H17ClN4S. The van der Waals surface area contributed by atoms with Gasteiger partial charge in [-0.2, -0.15) is 16.7 Å². The summed E-state index contributed by atoms with van der Waals surface area (Å²) >= 11 is 8.17. The van der Waals surface area contributed by atoms with Crippen LogP contribution in [0, 0.1) is 0 Å². The number of nitrogens with zero attached hydrogens (tertiary/aromatic N) is 3. The quantitative estimate of drug-likeness (QED) is 0.916. The van der Waals surface area contributed by atoms with E-state index >= 15 is 0 Å². The highest BCUT2D eigenvalue weighted by molar-refractivity contribution is 8.00. The van der Waals surface area contributed by atoms with Gasteiger partial charge in [-0.1, -0.05) is 18.5 Å². The fourth-order valence-corrected chi connectivity index (χ4v) is 3.06. The number of rotatable bonds is 3. The van der Waals surface area contributed by atoms with Gasteiger partial charge in [0, 0.05) is 30.6 Å². The highest BCUT2D eigenvalue weighted by Crippen LogP contribution is 2.28. The minimum Gasteiger partial charge on any atom is -0.354 e. The number of aromatic nitrogens is 2. The molecule has 0 radical (unpaired) electrons. The molecule has 1 aromatic rings. The molecule has 1 unspecified atom stereocenters. The topological polar surface area (TPSA) is 41.1 Å². The largest absolute Gasteiger partial charge is 0.354 e. The number of thioether (sulfide) groups is 1. The first-order valence-corrected chi connectivity index (χ1v) is 7.26. The van der Waals surface area contributed by atoms with E-state index in [1.165, 1.54) is 0 Å². The maximum absolute atomic E-state index is 6.18. The zero-order valence-electron chi connectivity index (χ0n) is 10.1. The molecule has 1 fully saturated rings. The molecule has 94 valence electrons. The van der Waals surface area contributed by atoms with Crippen LogP contribution in [-0.4, -0.2) is 40.6 Å². The van der Waals surface area contributed by atoms with E-state index in [4.69, 9.17) is 11.6 Å². The molecule has 2 heterocycles. The summed E-state index contributed by atoms with van der Waals surface area (Å²) in [6, 6.07) is 0. The van der Waals surface area contributed by atoms with Crippen molar-refractivity contribution < 1.29 is 0 Å². The van der Waals surface area contributed by atoms with Crippen molar-refractivity contribution in [2.75, 3.05) is 35.6 Å². The van der Waals surface area contributed by atoms with Crippen LogP contribution in [-0.2, 0) is 0 Å². The lowest BCUT2D eigenvalue weighted by atomic mass is 10.3. The van der Waals surface area contributed by atoms with Gasteiger partial charge < -0.3 is 10.2 Å². The summed E-state index contributed by atoms with van der Waals surface area (Å²) in [5.74, 6) is 2.63. The van der Waals surface area contributed by atoms with E-state index in [9.17, 15) is 0 Å². The third-order valence-electron chi connectivity index (χ3n) is 2.60. The van der Waals surface area contributed by atoms with Gasteiger partial charge in [0.15, 0.2) is 5.82 Å². The Kier molecular flexibility index (Phi) is 4.34. The van der Waals surface area contributed by atoms with E-state index in [-0.39, 0.29) is 0 Å². The Morgan fingerprint density at radius 1 is 1.65 bits per heavy atom. The third kappa shape index (κ3) is 3.16. The van der Waals surface area contributed by atoms with Crippen LogP contribution in [0.4, 0.5) is 11.8 Å². The van der Waals surface area contributed by atoms with Gasteiger partial charge in [0.25, 0.3) is 0 Å². The fourth-order valence-electron chi connectivity index (χ4n) is 1.83. The van der Waals surface area contributed by atoms with Crippen LogP contribution in [0.2, 0.25) is 5.02 Å². The Labute approximate surface area is 111 Å². The van der Waals surface area contributed by atoms with E-state index in [2.05, 4.69) is 27.1 Å². The van der Waals surface area contributed by atoms with Crippen molar-refractivity contribution in [2.24, 2.45) is 0 Å². The van der Waals surface area contributed by atoms with Gasteiger partial charge in [-0.05, 0) is 6.92 Å². The molecule has 4 nitrogen and oxygen atoms in total. The summed E-state index contributed by atoms with van der Waals surface area (Å²) < 4.78 is 0. The molecule has 1 saturated heterocycles. The molecule has 1 aliphatic heterocycles. The van der Waals surface area contributed by atoms with Gasteiger partial charge in [0.2, 0.25) is 5.95 Å². The van der Waals surface area contributed by atoms with Crippen LogP contribution in [0.25, 0.3) is 0 Å². The summed E-state index contributed by atoms with van der Waals surface area (Å²) in [6.07, 6.45) is 1.67. The lowest BCUT2D eigenvalue weighted by Crippen LogP contribution is -2.37. The molecule has 0 bridgehead atoms. The van der Waals surface area contributed by atoms with Crippen LogP contribution in [0.15, 0.2) is 6.20 Å². The molecule has 0 aliphatic carbocycles. The Morgan fingerprint density at radius 3 is 3.18 bits per heavy atom. The molecule has 2 rings (SSSR count). The van der Waals surface area contributed by atoms with Crippen molar-refractivity contribution in [3.05, 3.63) is 11.2 Å². The van der Waals surface area contributed by atoms with Gasteiger partial charge in [-0.3, -0.25) is 0 Å². The Balaban J connectivity index is 2.20. The Bertz CT molecular complexity index is 388. The first-order valence-electron chi connectivity index (χ1n) is 5.83. The van der Waals surface area contributed by atoms with Gasteiger partial charge >= 0.3 is 0 Å². The van der Waals surface area contributed by atoms with Crippen molar-refractivity contribution in [1.29, 1.82) is 0 Å². The number of hydrogen-bond donors (Lipinski definition) is 1. The van der Waals surface area contributed by atoms with E-state index in [0.717, 1.165) is 31.2 Å². The van der Waals surface area contributed by atoms with Crippen LogP contribution in [0.3, 0.4) is 0 Å². The van der Waals surface area contributed by atoms with Crippen LogP contribution >= 0.6 is 23.4 Å². The molecule has 6 heteroatoms. The lowest BCUT2D eigenvalue weighted by Gasteiger charge is -2.32. The molecule has 0 aromatic carbocycles. The van der Waals surface area contributed by atoms with Crippen LogP contribution in [0.5, 0.6) is 0 Å². The highest BCUT2D eigenvalue weighted by Gasteiger charge is 2.20. The van der Waals surface area contributed by atoms with E-state index < -0.39 is 0 Å². The molecule has 0 spiro atoms. The highest BCUT2D eigenvalue weighted by atomic mass is 35.5. The molecular weight excluding hydrogens is 256 g/mol. The van der Waals surface area contributed by atoms with Gasteiger partial charge in [-0.25, -0.2) is 4.98 Å². The summed E-state index contributed by atoms with van der Waals surface area (Å²) in [4.78, 5) is 10.9. The van der Waals surface area contributed by atoms with Gasteiger partial charge in [0.05, 0.1) is 6.20 Å². The molecule has 0 amide bonds. The van der Waals surface area contributed by atoms with Crippen molar-refractivity contribution >= 4 is 35.1 Å². The first-order chi connectivity index (χ1) is 8.20. The smallest absolute Gasteiger partial charge is 0.224 e. The second kappa shape index (κ2) is 5.78. The second-order valence-corrected chi connectivity index (χ2v) is 5.98. The first kappa shape index (κ1) is 12.8.